The van der Waals surface area contributed by atoms with Crippen LogP contribution in [0.2, 0.25) is 0 Å². The Balaban J connectivity index is 1.01. The van der Waals surface area contributed by atoms with Gasteiger partial charge in [0.25, 0.3) is 0 Å². The van der Waals surface area contributed by atoms with Crippen molar-refractivity contribution in [3.63, 3.8) is 0 Å². The molecule has 9 unspecified atom stereocenters. The lowest BCUT2D eigenvalue weighted by molar-refractivity contribution is 0.132. The van der Waals surface area contributed by atoms with Gasteiger partial charge in [0, 0.05) is 22.2 Å². The molecule has 1 heteroatoms. The molecule has 0 saturated heterocycles. The Hall–Kier alpha value is -3.84. The molecule has 59 heavy (non-hydrogen) atoms. The first-order valence-corrected chi connectivity index (χ1v) is 24.5. The molecule has 0 radical (unpaired) electrons. The molecule has 2 fully saturated rings. The fraction of sp³-hybridized carbons (Fsp3) is 0.517. The van der Waals surface area contributed by atoms with Crippen LogP contribution in [0, 0.1) is 58.2 Å². The quantitative estimate of drug-likeness (QED) is 0.233. The zero-order valence-electron chi connectivity index (χ0n) is 36.2. The van der Waals surface area contributed by atoms with Gasteiger partial charge in [-0.1, -0.05) is 148 Å². The third-order valence-corrected chi connectivity index (χ3v) is 17.7. The first-order chi connectivity index (χ1) is 29.0. The highest BCUT2D eigenvalue weighted by Gasteiger charge is 2.62. The number of hydrogen-bond acceptors (Lipinski definition) is 1. The smallest absolute Gasteiger partial charge is 0.0516 e. The molecular weight excluding hydrogens is 711 g/mol. The van der Waals surface area contributed by atoms with Crippen LogP contribution >= 0.6 is 0 Å². The molecule has 9 atom stereocenters. The van der Waals surface area contributed by atoms with E-state index >= 15 is 0 Å². The zero-order valence-corrected chi connectivity index (χ0v) is 36.2. The summed E-state index contributed by atoms with van der Waals surface area (Å²) in [7, 11) is 0. The molecule has 1 nitrogen and oxygen atoms in total. The van der Waals surface area contributed by atoms with Gasteiger partial charge in [0.2, 0.25) is 0 Å². The van der Waals surface area contributed by atoms with E-state index in [1.807, 2.05) is 0 Å². The monoisotopic (exact) mass is 780 g/mol. The SMILES string of the molecule is CC1(C)C2=C(CCC(N(C3=CC(C4CCCCC4)=CC(C4C=CC=CC4)C3)C3C=CC(C4(C5=CCCC=C5)C5C=CC=CC5C5CCC=CC54)CC3)=C2)C2=C1CCC=C2. The van der Waals surface area contributed by atoms with Crippen LogP contribution in [0.4, 0.5) is 0 Å². The van der Waals surface area contributed by atoms with Crippen molar-refractivity contribution in [3.05, 3.63) is 166 Å². The van der Waals surface area contributed by atoms with Gasteiger partial charge in [0.15, 0.2) is 0 Å². The second-order valence-electron chi connectivity index (χ2n) is 20.9. The lowest BCUT2D eigenvalue weighted by Gasteiger charge is -2.50. The van der Waals surface area contributed by atoms with Crippen LogP contribution in [0.3, 0.4) is 0 Å². The maximum Gasteiger partial charge on any atom is 0.0516 e. The van der Waals surface area contributed by atoms with Crippen molar-refractivity contribution >= 4 is 0 Å². The van der Waals surface area contributed by atoms with Crippen LogP contribution in [0.25, 0.3) is 0 Å². The number of rotatable bonds is 7. The summed E-state index contributed by atoms with van der Waals surface area (Å²) in [4.78, 5) is 2.97. The van der Waals surface area contributed by atoms with Gasteiger partial charge in [0.1, 0.15) is 0 Å². The second-order valence-corrected chi connectivity index (χ2v) is 20.9. The van der Waals surface area contributed by atoms with Gasteiger partial charge < -0.3 is 4.90 Å². The number of allylic oxidation sites excluding steroid dienone is 27. The van der Waals surface area contributed by atoms with Crippen LogP contribution in [0.1, 0.15) is 123 Å². The fourth-order valence-electron chi connectivity index (χ4n) is 15.0. The summed E-state index contributed by atoms with van der Waals surface area (Å²) in [5.74, 6) is 4.93. The Morgan fingerprint density at radius 1 is 0.644 bits per heavy atom. The highest BCUT2D eigenvalue weighted by Crippen LogP contribution is 2.68. The van der Waals surface area contributed by atoms with E-state index < -0.39 is 0 Å². The number of fused-ring (bicyclic) bond motifs is 4. The summed E-state index contributed by atoms with van der Waals surface area (Å²) < 4.78 is 0. The number of nitrogens with zero attached hydrogens (tertiary/aromatic N) is 1. The molecule has 0 bridgehead atoms. The van der Waals surface area contributed by atoms with E-state index in [4.69, 9.17) is 0 Å². The minimum atomic E-state index is 0.106. The highest BCUT2D eigenvalue weighted by molar-refractivity contribution is 5.63. The van der Waals surface area contributed by atoms with Crippen LogP contribution < -0.4 is 0 Å². The molecule has 0 heterocycles. The van der Waals surface area contributed by atoms with Crippen molar-refractivity contribution in [1.29, 1.82) is 0 Å². The van der Waals surface area contributed by atoms with Crippen LogP contribution in [0.5, 0.6) is 0 Å². The molecule has 0 aromatic heterocycles. The van der Waals surface area contributed by atoms with Gasteiger partial charge >= 0.3 is 0 Å². The minimum absolute atomic E-state index is 0.106. The largest absolute Gasteiger partial charge is 0.342 e. The summed E-state index contributed by atoms with van der Waals surface area (Å²) in [6, 6.07) is 0.385. The molecular formula is C58H69N. The van der Waals surface area contributed by atoms with E-state index in [1.54, 1.807) is 44.8 Å². The molecule has 0 aromatic rings. The average Bonchev–Trinajstić information content (AvgIpc) is 3.73. The summed E-state index contributed by atoms with van der Waals surface area (Å²) in [6.07, 6.45) is 72.7. The standard InChI is InChI=1S/C58H69N/c1-57(2)53-27-15-12-24-49(53)52-35-34-47(39-56(52)57)59(48-37-42(40-18-6-3-7-19-40)36-43(38-48)41-20-8-4-9-21-41)46-32-30-45(31-33-46)58(44-22-10-5-11-23-44)54-28-16-13-25-50(54)51-26-14-17-29-55(51)58/h3,6-7,10,12-13,16-18,22-25,28-30,32,36,38-42,45-46,50-51,54-55H,4-5,8-9,11,14-15,19-21,26-27,31,33-35,37H2,1-2H3. The molecule has 0 amide bonds. The first-order valence-electron chi connectivity index (χ1n) is 24.5. The van der Waals surface area contributed by atoms with E-state index in [0.29, 0.717) is 47.5 Å². The van der Waals surface area contributed by atoms with Crippen molar-refractivity contribution < 1.29 is 0 Å². The van der Waals surface area contributed by atoms with E-state index in [-0.39, 0.29) is 10.8 Å². The van der Waals surface area contributed by atoms with Crippen molar-refractivity contribution in [2.45, 2.75) is 129 Å². The van der Waals surface area contributed by atoms with Crippen molar-refractivity contribution in [2.24, 2.45) is 58.2 Å². The Labute approximate surface area is 357 Å². The van der Waals surface area contributed by atoms with Gasteiger partial charge in [-0.2, -0.15) is 0 Å². The first kappa shape index (κ1) is 38.1. The van der Waals surface area contributed by atoms with Gasteiger partial charge in [0.05, 0.1) is 6.04 Å². The average molecular weight is 780 g/mol. The van der Waals surface area contributed by atoms with Crippen molar-refractivity contribution in [2.75, 3.05) is 0 Å². The summed E-state index contributed by atoms with van der Waals surface area (Å²) >= 11 is 0. The number of hydrogen-bond donors (Lipinski definition) is 0. The van der Waals surface area contributed by atoms with Crippen molar-refractivity contribution in [1.82, 2.24) is 4.90 Å². The molecule has 0 aromatic carbocycles. The van der Waals surface area contributed by atoms with Gasteiger partial charge in [-0.25, -0.2) is 0 Å². The maximum atomic E-state index is 2.97. The van der Waals surface area contributed by atoms with E-state index in [1.165, 1.54) is 96.3 Å². The molecule has 0 aliphatic heterocycles. The van der Waals surface area contributed by atoms with Gasteiger partial charge in [-0.05, 0) is 177 Å². The fourth-order valence-corrected chi connectivity index (χ4v) is 15.0. The predicted molar refractivity (Wildman–Crippen MR) is 248 cm³/mol. The minimum Gasteiger partial charge on any atom is -0.342 e. The molecule has 2 saturated carbocycles. The van der Waals surface area contributed by atoms with Gasteiger partial charge in [-0.15, -0.1) is 0 Å². The van der Waals surface area contributed by atoms with Crippen LogP contribution in [-0.4, -0.2) is 10.9 Å². The molecule has 11 aliphatic carbocycles. The van der Waals surface area contributed by atoms with Gasteiger partial charge in [-0.3, -0.25) is 0 Å². The van der Waals surface area contributed by atoms with Crippen molar-refractivity contribution in [3.8, 4) is 0 Å². The molecule has 11 rings (SSSR count). The third-order valence-electron chi connectivity index (χ3n) is 17.7. The molecule has 306 valence electrons. The normalized spacial score (nSPS) is 38.1. The Bertz CT molecular complexity index is 2150. The van der Waals surface area contributed by atoms with E-state index in [0.717, 1.165) is 18.8 Å². The molecule has 11 aliphatic rings. The molecule has 0 spiro atoms. The lowest BCUT2D eigenvalue weighted by atomic mass is 9.55. The highest BCUT2D eigenvalue weighted by atomic mass is 15.2. The Morgan fingerprint density at radius 3 is 2.36 bits per heavy atom. The summed E-state index contributed by atoms with van der Waals surface area (Å²) in [5.41, 5.74) is 13.3. The van der Waals surface area contributed by atoms with Crippen LogP contribution in [0.15, 0.2) is 166 Å². The topological polar surface area (TPSA) is 3.24 Å². The van der Waals surface area contributed by atoms with E-state index in [2.05, 4.69) is 140 Å². The maximum absolute atomic E-state index is 2.97. The zero-order chi connectivity index (χ0) is 39.6. The van der Waals surface area contributed by atoms with E-state index in [9.17, 15) is 0 Å². The third kappa shape index (κ3) is 6.36. The molecule has 0 N–H and O–H groups in total. The predicted octanol–water partition coefficient (Wildman–Crippen LogP) is 15.0. The summed E-state index contributed by atoms with van der Waals surface area (Å²) in [5, 5.41) is 0. The lowest BCUT2D eigenvalue weighted by Crippen LogP contribution is -2.44. The summed E-state index contributed by atoms with van der Waals surface area (Å²) in [6.45, 7) is 5.07. The Morgan fingerprint density at radius 2 is 1.53 bits per heavy atom. The second kappa shape index (κ2) is 15.6. The van der Waals surface area contributed by atoms with Crippen LogP contribution in [-0.2, 0) is 0 Å². The Kier molecular flexibility index (Phi) is 10.1.